The third kappa shape index (κ3) is 1.90. The van der Waals surface area contributed by atoms with Crippen LogP contribution in [-0.2, 0) is 13.5 Å². The van der Waals surface area contributed by atoms with Gasteiger partial charge in [0.15, 0.2) is 5.69 Å². The van der Waals surface area contributed by atoms with Gasteiger partial charge in [0.05, 0.1) is 0 Å². The average Bonchev–Trinajstić information content (AvgIpc) is 2.60. The highest BCUT2D eigenvalue weighted by atomic mass is 16.4. The second-order valence-corrected chi connectivity index (χ2v) is 4.55. The lowest BCUT2D eigenvalue weighted by atomic mass is 9.90. The minimum absolute atomic E-state index is 0.00949. The van der Waals surface area contributed by atoms with E-state index in [4.69, 9.17) is 5.11 Å². The maximum atomic E-state index is 12.3. The first-order valence-corrected chi connectivity index (χ1v) is 5.62. The molecule has 0 bridgehead atoms. The number of ketones is 1. The summed E-state index contributed by atoms with van der Waals surface area (Å²) in [7, 11) is 5.30. The van der Waals surface area contributed by atoms with Gasteiger partial charge in [0.25, 0.3) is 0 Å². The van der Waals surface area contributed by atoms with Crippen LogP contribution in [0.15, 0.2) is 11.8 Å². The molecule has 1 heterocycles. The number of rotatable bonds is 2. The van der Waals surface area contributed by atoms with Crippen LogP contribution < -0.4 is 0 Å². The number of aromatic carboxylic acids is 1. The lowest BCUT2D eigenvalue weighted by molar-refractivity contribution is 0.0688. The molecule has 96 valence electrons. The van der Waals surface area contributed by atoms with E-state index >= 15 is 0 Å². The van der Waals surface area contributed by atoms with Crippen LogP contribution in [0.3, 0.4) is 0 Å². The molecule has 0 saturated carbocycles. The van der Waals surface area contributed by atoms with Gasteiger partial charge in [-0.05, 0) is 12.8 Å². The second-order valence-electron chi connectivity index (χ2n) is 4.55. The maximum Gasteiger partial charge on any atom is 0.356 e. The van der Waals surface area contributed by atoms with Crippen LogP contribution in [0.1, 0.15) is 33.0 Å². The van der Waals surface area contributed by atoms with Crippen molar-refractivity contribution in [2.24, 2.45) is 7.05 Å². The van der Waals surface area contributed by atoms with E-state index in [0.717, 1.165) is 0 Å². The Hall–Kier alpha value is -2.11. The molecule has 0 atom stereocenters. The molecule has 18 heavy (non-hydrogen) atoms. The Labute approximate surface area is 105 Å². The number of fused-ring (bicyclic) bond motifs is 1. The van der Waals surface area contributed by atoms with E-state index in [9.17, 15) is 9.59 Å². The molecule has 0 aliphatic heterocycles. The summed E-state index contributed by atoms with van der Waals surface area (Å²) < 4.78 is 1.36. The average molecular weight is 249 g/mol. The van der Waals surface area contributed by atoms with E-state index in [-0.39, 0.29) is 11.5 Å². The van der Waals surface area contributed by atoms with E-state index < -0.39 is 5.97 Å². The number of nitrogens with zero attached hydrogens (tertiary/aromatic N) is 3. The monoisotopic (exact) mass is 249 g/mol. The van der Waals surface area contributed by atoms with Crippen molar-refractivity contribution in [1.29, 1.82) is 0 Å². The summed E-state index contributed by atoms with van der Waals surface area (Å²) in [5.74, 6) is -1.22. The highest BCUT2D eigenvalue weighted by Gasteiger charge is 2.31. The predicted molar refractivity (Wildman–Crippen MR) is 64.6 cm³/mol. The lowest BCUT2D eigenvalue weighted by Gasteiger charge is -2.17. The topological polar surface area (TPSA) is 75.4 Å². The van der Waals surface area contributed by atoms with Gasteiger partial charge in [-0.3, -0.25) is 9.48 Å². The Morgan fingerprint density at radius 2 is 2.11 bits per heavy atom. The predicted octanol–water partition coefficient (Wildman–Crippen LogP) is 0.693. The zero-order chi connectivity index (χ0) is 13.4. The molecular weight excluding hydrogens is 234 g/mol. The fourth-order valence-electron chi connectivity index (χ4n) is 2.22. The van der Waals surface area contributed by atoms with Crippen molar-refractivity contribution in [3.63, 3.8) is 0 Å². The summed E-state index contributed by atoms with van der Waals surface area (Å²) >= 11 is 0. The van der Waals surface area contributed by atoms with Crippen LogP contribution in [0.4, 0.5) is 0 Å². The number of carbonyl (C=O) groups is 2. The normalized spacial score (nSPS) is 16.8. The quantitative estimate of drug-likeness (QED) is 0.780. The molecule has 1 aliphatic carbocycles. The van der Waals surface area contributed by atoms with Crippen molar-refractivity contribution < 1.29 is 14.7 Å². The number of hydrogen-bond acceptors (Lipinski definition) is 4. The molecule has 0 fully saturated rings. The number of aryl methyl sites for hydroxylation is 1. The van der Waals surface area contributed by atoms with Gasteiger partial charge in [-0.2, -0.15) is 5.10 Å². The van der Waals surface area contributed by atoms with E-state index in [1.54, 1.807) is 13.2 Å². The maximum absolute atomic E-state index is 12.3. The lowest BCUT2D eigenvalue weighted by Crippen LogP contribution is -2.19. The highest BCUT2D eigenvalue weighted by molar-refractivity contribution is 6.10. The summed E-state index contributed by atoms with van der Waals surface area (Å²) in [6, 6.07) is 0. The van der Waals surface area contributed by atoms with E-state index in [1.807, 2.05) is 19.0 Å². The summed E-state index contributed by atoms with van der Waals surface area (Å²) in [6.07, 6.45) is 2.87. The Morgan fingerprint density at radius 1 is 1.44 bits per heavy atom. The van der Waals surface area contributed by atoms with Gasteiger partial charge >= 0.3 is 5.97 Å². The van der Waals surface area contributed by atoms with Crippen LogP contribution >= 0.6 is 0 Å². The Kier molecular flexibility index (Phi) is 2.94. The Bertz CT molecular complexity index is 555. The van der Waals surface area contributed by atoms with Crippen molar-refractivity contribution >= 4 is 11.8 Å². The molecule has 1 N–H and O–H groups in total. The van der Waals surface area contributed by atoms with Crippen molar-refractivity contribution in [2.75, 3.05) is 14.1 Å². The van der Waals surface area contributed by atoms with Crippen LogP contribution in [0.25, 0.3) is 0 Å². The van der Waals surface area contributed by atoms with E-state index in [0.29, 0.717) is 29.7 Å². The molecule has 0 radical (unpaired) electrons. The number of carboxylic acid groups (broad SMARTS) is 1. The molecule has 0 unspecified atom stereocenters. The number of Topliss-reactive ketones (excluding diaryl/α,β-unsaturated/α-hetero) is 1. The number of allylic oxidation sites excluding steroid dienone is 1. The van der Waals surface area contributed by atoms with Crippen molar-refractivity contribution in [2.45, 2.75) is 12.8 Å². The van der Waals surface area contributed by atoms with Crippen LogP contribution in [-0.4, -0.2) is 45.6 Å². The Balaban J connectivity index is 2.51. The molecule has 6 nitrogen and oxygen atoms in total. The number of hydrogen-bond donors (Lipinski definition) is 1. The van der Waals surface area contributed by atoms with Crippen molar-refractivity contribution in [3.05, 3.63) is 28.7 Å². The van der Waals surface area contributed by atoms with Crippen molar-refractivity contribution in [3.8, 4) is 0 Å². The summed E-state index contributed by atoms with van der Waals surface area (Å²) in [4.78, 5) is 25.1. The third-order valence-corrected chi connectivity index (χ3v) is 2.91. The smallest absolute Gasteiger partial charge is 0.356 e. The first-order valence-electron chi connectivity index (χ1n) is 5.62. The van der Waals surface area contributed by atoms with Crippen molar-refractivity contribution in [1.82, 2.24) is 14.7 Å². The summed E-state index contributed by atoms with van der Waals surface area (Å²) in [6.45, 7) is 0. The standard InChI is InChI=1S/C12H15N3O3/c1-14(2)6-7-4-5-8-9(12(17)18)13-15(3)10(8)11(7)16/h6H,4-5H2,1-3H3,(H,17,18)/b7-6+. The molecular formula is C12H15N3O3. The number of aromatic nitrogens is 2. The summed E-state index contributed by atoms with van der Waals surface area (Å²) in [5, 5.41) is 13.0. The SMILES string of the molecule is CN(C)/C=C1\CCc2c(C(=O)O)nn(C)c2C1=O. The van der Waals surface area contributed by atoms with Crippen LogP contribution in [0.5, 0.6) is 0 Å². The van der Waals surface area contributed by atoms with Gasteiger partial charge in [0.2, 0.25) is 5.78 Å². The van der Waals surface area contributed by atoms with Gasteiger partial charge in [0.1, 0.15) is 5.69 Å². The van der Waals surface area contributed by atoms with Gasteiger partial charge in [-0.1, -0.05) is 0 Å². The van der Waals surface area contributed by atoms with Crippen LogP contribution in [0, 0.1) is 0 Å². The van der Waals surface area contributed by atoms with Gasteiger partial charge < -0.3 is 10.0 Å². The molecule has 0 amide bonds. The summed E-state index contributed by atoms with van der Waals surface area (Å²) in [5.41, 5.74) is 1.62. The second kappa shape index (κ2) is 4.29. The first kappa shape index (κ1) is 12.3. The Morgan fingerprint density at radius 3 is 2.67 bits per heavy atom. The molecule has 6 heteroatoms. The van der Waals surface area contributed by atoms with Gasteiger partial charge in [0, 0.05) is 38.5 Å². The zero-order valence-corrected chi connectivity index (χ0v) is 10.6. The fraction of sp³-hybridized carbons (Fsp3) is 0.417. The van der Waals surface area contributed by atoms with Gasteiger partial charge in [-0.15, -0.1) is 0 Å². The molecule has 0 aromatic carbocycles. The van der Waals surface area contributed by atoms with Crippen LogP contribution in [0.2, 0.25) is 0 Å². The highest BCUT2D eigenvalue weighted by Crippen LogP contribution is 2.27. The molecule has 1 aliphatic rings. The molecule has 0 spiro atoms. The first-order chi connectivity index (χ1) is 8.41. The largest absolute Gasteiger partial charge is 0.476 e. The molecule has 0 saturated heterocycles. The van der Waals surface area contributed by atoms with E-state index in [2.05, 4.69) is 5.10 Å². The van der Waals surface area contributed by atoms with Gasteiger partial charge in [-0.25, -0.2) is 4.79 Å². The third-order valence-electron chi connectivity index (χ3n) is 2.91. The molecule has 1 aromatic heterocycles. The number of carboxylic acids is 1. The molecule has 2 rings (SSSR count). The van der Waals surface area contributed by atoms with E-state index in [1.165, 1.54) is 4.68 Å². The minimum Gasteiger partial charge on any atom is -0.476 e. The molecule has 1 aromatic rings. The zero-order valence-electron chi connectivity index (χ0n) is 10.6. The minimum atomic E-state index is -1.08. The fourth-order valence-corrected chi connectivity index (χ4v) is 2.22. The number of carbonyl (C=O) groups excluding carboxylic acids is 1.